The van der Waals surface area contributed by atoms with Crippen molar-refractivity contribution in [2.24, 2.45) is 0 Å². The highest BCUT2D eigenvalue weighted by Gasteiger charge is 2.28. The number of carbonyl (C=O) groups is 2. The van der Waals surface area contributed by atoms with E-state index in [0.29, 0.717) is 23.7 Å². The quantitative estimate of drug-likeness (QED) is 0.632. The highest BCUT2D eigenvalue weighted by Crippen LogP contribution is 2.23. The third-order valence-corrected chi connectivity index (χ3v) is 5.74. The maximum absolute atomic E-state index is 12.7. The molecule has 0 N–H and O–H groups in total. The molecule has 1 fully saturated rings. The number of amides is 1. The maximum atomic E-state index is 12.7. The molecule has 1 saturated carbocycles. The zero-order chi connectivity index (χ0) is 21.7. The van der Waals surface area contributed by atoms with Crippen LogP contribution in [0.15, 0.2) is 28.8 Å². The van der Waals surface area contributed by atoms with E-state index in [4.69, 9.17) is 14.0 Å². The summed E-state index contributed by atoms with van der Waals surface area (Å²) in [6, 6.07) is 6.98. The summed E-state index contributed by atoms with van der Waals surface area (Å²) in [7, 11) is 1.80. The molecule has 3 rings (SSSR count). The third kappa shape index (κ3) is 5.20. The number of likely N-dealkylation sites (N-methyl/N-ethyl adjacent to an activating group) is 1. The smallest absolute Gasteiger partial charge is 0.339 e. The molecule has 30 heavy (non-hydrogen) atoms. The average Bonchev–Trinajstić information content (AvgIpc) is 3.09. The topological polar surface area (TPSA) is 81.9 Å². The number of nitrogens with zero attached hydrogens (tertiary/aromatic N) is 2. The van der Waals surface area contributed by atoms with Crippen LogP contribution in [0.25, 0.3) is 0 Å². The van der Waals surface area contributed by atoms with Gasteiger partial charge in [0.1, 0.15) is 18.1 Å². The number of benzene rings is 1. The van der Waals surface area contributed by atoms with Gasteiger partial charge in [-0.1, -0.05) is 30.5 Å². The minimum Gasteiger partial charge on any atom is -0.489 e. The number of ether oxygens (including phenoxy) is 2. The molecule has 0 saturated heterocycles. The molecule has 0 radical (unpaired) electrons. The van der Waals surface area contributed by atoms with Crippen molar-refractivity contribution >= 4 is 11.9 Å². The summed E-state index contributed by atoms with van der Waals surface area (Å²) in [5.41, 5.74) is 2.00. The molecule has 1 aromatic heterocycles. The van der Waals surface area contributed by atoms with Crippen LogP contribution >= 0.6 is 0 Å². The average molecular weight is 415 g/mol. The van der Waals surface area contributed by atoms with E-state index >= 15 is 0 Å². The van der Waals surface area contributed by atoms with Gasteiger partial charge in [-0.2, -0.15) is 0 Å². The van der Waals surface area contributed by atoms with E-state index in [1.165, 1.54) is 6.42 Å². The number of hydrogen-bond acceptors (Lipinski definition) is 6. The summed E-state index contributed by atoms with van der Waals surface area (Å²) in [5, 5.41) is 3.91. The highest BCUT2D eigenvalue weighted by atomic mass is 16.5. The predicted octanol–water partition coefficient (Wildman–Crippen LogP) is 4.21. The fraction of sp³-hybridized carbons (Fsp3) is 0.522. The summed E-state index contributed by atoms with van der Waals surface area (Å²) < 4.78 is 16.4. The normalized spacial score (nSPS) is 15.5. The highest BCUT2D eigenvalue weighted by molar-refractivity contribution is 5.92. The fourth-order valence-corrected chi connectivity index (χ4v) is 3.79. The van der Waals surface area contributed by atoms with Gasteiger partial charge < -0.3 is 18.9 Å². The second-order valence-corrected chi connectivity index (χ2v) is 7.91. The van der Waals surface area contributed by atoms with Crippen LogP contribution in [0.5, 0.6) is 5.75 Å². The summed E-state index contributed by atoms with van der Waals surface area (Å²) in [4.78, 5) is 27.0. The van der Waals surface area contributed by atoms with Gasteiger partial charge in [0, 0.05) is 13.1 Å². The monoisotopic (exact) mass is 414 g/mol. The molecule has 1 aromatic carbocycles. The molecular weight excluding hydrogens is 384 g/mol. The molecule has 0 unspecified atom stereocenters. The first kappa shape index (κ1) is 21.9. The Morgan fingerprint density at radius 1 is 1.23 bits per heavy atom. The standard InChI is InChI=1S/C23H30N2O5/c1-15-21(16(2)30-24-15)14-28-20-12-8-9-18(13-20)23(27)29-17(3)22(26)25(4)19-10-6-5-7-11-19/h8-9,12-13,17,19H,5-7,10-11,14H2,1-4H3/t17-/m1/s1. The Morgan fingerprint density at radius 2 is 1.97 bits per heavy atom. The number of esters is 1. The molecule has 2 aromatic rings. The van der Waals surface area contributed by atoms with E-state index in [1.54, 1.807) is 43.1 Å². The van der Waals surface area contributed by atoms with Gasteiger partial charge in [-0.25, -0.2) is 4.79 Å². The molecule has 162 valence electrons. The Morgan fingerprint density at radius 3 is 2.63 bits per heavy atom. The minimum absolute atomic E-state index is 0.166. The third-order valence-electron chi connectivity index (χ3n) is 5.74. The molecule has 1 aliphatic carbocycles. The van der Waals surface area contributed by atoms with Gasteiger partial charge >= 0.3 is 5.97 Å². The van der Waals surface area contributed by atoms with Crippen molar-refractivity contribution in [1.82, 2.24) is 10.1 Å². The predicted molar refractivity (Wildman–Crippen MR) is 111 cm³/mol. The molecule has 1 atom stereocenters. The Labute approximate surface area is 177 Å². The Kier molecular flexibility index (Phi) is 7.13. The largest absolute Gasteiger partial charge is 0.489 e. The number of hydrogen-bond donors (Lipinski definition) is 0. The summed E-state index contributed by atoms with van der Waals surface area (Å²) in [5.74, 6) is 0.525. The van der Waals surface area contributed by atoms with E-state index < -0.39 is 12.1 Å². The van der Waals surface area contributed by atoms with Gasteiger partial charge in [0.2, 0.25) is 0 Å². The second kappa shape index (κ2) is 9.78. The van der Waals surface area contributed by atoms with Crippen molar-refractivity contribution in [3.8, 4) is 5.75 Å². The van der Waals surface area contributed by atoms with Crippen LogP contribution in [-0.2, 0) is 16.1 Å². The van der Waals surface area contributed by atoms with Crippen LogP contribution in [0.3, 0.4) is 0 Å². The van der Waals surface area contributed by atoms with Crippen LogP contribution in [-0.4, -0.2) is 41.1 Å². The van der Waals surface area contributed by atoms with Crippen LogP contribution in [0.1, 0.15) is 66.4 Å². The lowest BCUT2D eigenvalue weighted by Crippen LogP contribution is -2.44. The molecule has 1 amide bonds. The molecule has 0 aliphatic heterocycles. The number of aromatic nitrogens is 1. The van der Waals surface area contributed by atoms with E-state index in [2.05, 4.69) is 5.16 Å². The van der Waals surface area contributed by atoms with Crippen LogP contribution in [0.4, 0.5) is 0 Å². The number of aryl methyl sites for hydroxylation is 2. The van der Waals surface area contributed by atoms with E-state index in [0.717, 1.165) is 36.9 Å². The summed E-state index contributed by atoms with van der Waals surface area (Å²) in [6.45, 7) is 5.60. The van der Waals surface area contributed by atoms with Crippen LogP contribution in [0, 0.1) is 13.8 Å². The van der Waals surface area contributed by atoms with E-state index in [9.17, 15) is 9.59 Å². The molecule has 1 heterocycles. The second-order valence-electron chi connectivity index (χ2n) is 7.91. The van der Waals surface area contributed by atoms with Crippen molar-refractivity contribution in [3.05, 3.63) is 46.8 Å². The van der Waals surface area contributed by atoms with Gasteiger partial charge in [-0.05, 0) is 51.8 Å². The molecule has 0 spiro atoms. The zero-order valence-corrected chi connectivity index (χ0v) is 18.1. The van der Waals surface area contributed by atoms with Crippen molar-refractivity contribution in [3.63, 3.8) is 0 Å². The van der Waals surface area contributed by atoms with Crippen molar-refractivity contribution in [1.29, 1.82) is 0 Å². The lowest BCUT2D eigenvalue weighted by Gasteiger charge is -2.32. The van der Waals surface area contributed by atoms with Crippen LogP contribution < -0.4 is 4.74 Å². The SMILES string of the molecule is Cc1noc(C)c1COc1cccc(C(=O)O[C@H](C)C(=O)N(C)C2CCCCC2)c1. The number of rotatable bonds is 7. The lowest BCUT2D eigenvalue weighted by molar-refractivity contribution is -0.141. The molecule has 1 aliphatic rings. The molecule has 7 nitrogen and oxygen atoms in total. The van der Waals surface area contributed by atoms with Crippen molar-refractivity contribution < 1.29 is 23.6 Å². The summed E-state index contributed by atoms with van der Waals surface area (Å²) >= 11 is 0. The first-order valence-corrected chi connectivity index (χ1v) is 10.5. The first-order chi connectivity index (χ1) is 14.4. The fourth-order valence-electron chi connectivity index (χ4n) is 3.79. The number of carbonyl (C=O) groups excluding carboxylic acids is 2. The molecular formula is C23H30N2O5. The molecule has 7 heteroatoms. The van der Waals surface area contributed by atoms with E-state index in [1.807, 2.05) is 13.8 Å². The molecule has 0 bridgehead atoms. The van der Waals surface area contributed by atoms with Crippen molar-refractivity contribution in [2.45, 2.75) is 71.6 Å². The Hall–Kier alpha value is -2.83. The maximum Gasteiger partial charge on any atom is 0.339 e. The van der Waals surface area contributed by atoms with Crippen molar-refractivity contribution in [2.75, 3.05) is 7.05 Å². The van der Waals surface area contributed by atoms with Gasteiger partial charge in [0.05, 0.1) is 16.8 Å². The minimum atomic E-state index is -0.837. The van der Waals surface area contributed by atoms with Crippen LogP contribution in [0.2, 0.25) is 0 Å². The van der Waals surface area contributed by atoms with Gasteiger partial charge in [-0.3, -0.25) is 4.79 Å². The Bertz CT molecular complexity index is 866. The lowest BCUT2D eigenvalue weighted by atomic mass is 9.94. The zero-order valence-electron chi connectivity index (χ0n) is 18.1. The van der Waals surface area contributed by atoms with E-state index in [-0.39, 0.29) is 11.9 Å². The first-order valence-electron chi connectivity index (χ1n) is 10.5. The van der Waals surface area contributed by atoms with Gasteiger partial charge in [0.25, 0.3) is 5.91 Å². The van der Waals surface area contributed by atoms with Gasteiger partial charge in [0.15, 0.2) is 6.10 Å². The van der Waals surface area contributed by atoms with Gasteiger partial charge in [-0.15, -0.1) is 0 Å². The summed E-state index contributed by atoms with van der Waals surface area (Å²) in [6.07, 6.45) is 4.67. The Balaban J connectivity index is 1.58.